The van der Waals surface area contributed by atoms with Crippen molar-refractivity contribution in [3.05, 3.63) is 108 Å². The smallest absolute Gasteiger partial charge is 0.264 e. The van der Waals surface area contributed by atoms with Gasteiger partial charge in [0.1, 0.15) is 11.5 Å². The largest absolute Gasteiger partial charge is 0.497 e. The van der Waals surface area contributed by atoms with Crippen LogP contribution in [0.1, 0.15) is 36.1 Å². The minimum atomic E-state index is -2.30. The standard InChI is InChI=1S/C37H44N4O5Si/c1-7-20-41-33-18-15-28(45-4)22-31(33)37(36(41)43)25(2)35(47(5,6)29-16-13-27(44-3)14-17-29)34(46-37)19-21-40-23-32(38-39-40)30(24-42)26-11-9-8-10-12-26/h7-18,22-23,25,30,34-35,42H,1,19-21,24H2,2-6H3/t25-,30?,34+,35-,37+/m1/s1. The Morgan fingerprint density at radius 3 is 2.43 bits per heavy atom. The first-order chi connectivity index (χ1) is 22.7. The van der Waals surface area contributed by atoms with Crippen molar-refractivity contribution in [2.75, 3.05) is 32.3 Å². The number of carbonyl (C=O) groups is 1. The number of hydrogen-bond acceptors (Lipinski definition) is 7. The SMILES string of the molecule is C=CCN1C(=O)[C@@]2(O[C@@H](CCn3cc(C(CO)c4ccccc4)nn3)[C@H]([Si](C)(C)c3ccc(OC)cc3)[C@H]2C)c2cc(OC)ccc21. The van der Waals surface area contributed by atoms with Crippen LogP contribution in [-0.4, -0.2) is 67.6 Å². The Labute approximate surface area is 277 Å². The van der Waals surface area contributed by atoms with Crippen molar-refractivity contribution in [2.45, 2.75) is 56.1 Å². The monoisotopic (exact) mass is 652 g/mol. The van der Waals surface area contributed by atoms with Gasteiger partial charge in [-0.1, -0.05) is 79.0 Å². The zero-order valence-electron chi connectivity index (χ0n) is 27.8. The van der Waals surface area contributed by atoms with Crippen LogP contribution in [0.15, 0.2) is 91.6 Å². The predicted molar refractivity (Wildman–Crippen MR) is 185 cm³/mol. The Kier molecular flexibility index (Phi) is 9.11. The summed E-state index contributed by atoms with van der Waals surface area (Å²) in [5.41, 5.74) is 2.30. The molecule has 5 atom stereocenters. The van der Waals surface area contributed by atoms with Crippen molar-refractivity contribution in [2.24, 2.45) is 5.92 Å². The molecule has 47 heavy (non-hydrogen) atoms. The molecule has 1 aromatic heterocycles. The van der Waals surface area contributed by atoms with E-state index in [1.54, 1.807) is 25.2 Å². The van der Waals surface area contributed by atoms with Gasteiger partial charge in [-0.25, -0.2) is 0 Å². The molecule has 9 nitrogen and oxygen atoms in total. The summed E-state index contributed by atoms with van der Waals surface area (Å²) >= 11 is 0. The second-order valence-electron chi connectivity index (χ2n) is 13.1. The lowest BCUT2D eigenvalue weighted by molar-refractivity contribution is -0.145. The highest BCUT2D eigenvalue weighted by Crippen LogP contribution is 2.60. The van der Waals surface area contributed by atoms with Gasteiger partial charge >= 0.3 is 0 Å². The lowest BCUT2D eigenvalue weighted by atomic mass is 9.82. The third-order valence-electron chi connectivity index (χ3n) is 10.3. The average Bonchev–Trinajstić information content (AvgIpc) is 3.75. The minimum absolute atomic E-state index is 0.0584. The number of rotatable bonds is 12. The maximum atomic E-state index is 14.6. The van der Waals surface area contributed by atoms with Crippen molar-refractivity contribution >= 4 is 24.9 Å². The molecule has 0 bridgehead atoms. The fourth-order valence-electron chi connectivity index (χ4n) is 7.90. The van der Waals surface area contributed by atoms with Gasteiger partial charge in [-0.05, 0) is 47.9 Å². The molecular weight excluding hydrogens is 609 g/mol. The molecule has 1 amide bonds. The summed E-state index contributed by atoms with van der Waals surface area (Å²) in [6, 6.07) is 24.0. The first-order valence-corrected chi connectivity index (χ1v) is 19.3. The van der Waals surface area contributed by atoms with Crippen LogP contribution in [0.4, 0.5) is 5.69 Å². The molecule has 1 unspecified atom stereocenters. The summed E-state index contributed by atoms with van der Waals surface area (Å²) < 4.78 is 20.1. The van der Waals surface area contributed by atoms with Gasteiger partial charge in [0, 0.05) is 30.8 Å². The number of aliphatic hydroxyl groups excluding tert-OH is 1. The van der Waals surface area contributed by atoms with E-state index in [-0.39, 0.29) is 36.0 Å². The number of benzene rings is 3. The number of methoxy groups -OCH3 is 2. The van der Waals surface area contributed by atoms with E-state index in [0.717, 1.165) is 22.6 Å². The van der Waals surface area contributed by atoms with Gasteiger partial charge < -0.3 is 24.2 Å². The van der Waals surface area contributed by atoms with E-state index in [9.17, 15) is 9.90 Å². The molecule has 1 saturated heterocycles. The van der Waals surface area contributed by atoms with E-state index in [2.05, 4.69) is 49.0 Å². The summed E-state index contributed by atoms with van der Waals surface area (Å²) in [4.78, 5) is 16.4. The van der Waals surface area contributed by atoms with Crippen LogP contribution in [0.3, 0.4) is 0 Å². The Morgan fingerprint density at radius 2 is 1.77 bits per heavy atom. The highest BCUT2D eigenvalue weighted by Gasteiger charge is 2.66. The zero-order valence-corrected chi connectivity index (χ0v) is 28.8. The minimum Gasteiger partial charge on any atom is -0.497 e. The number of nitrogens with zero attached hydrogens (tertiary/aromatic N) is 4. The van der Waals surface area contributed by atoms with Gasteiger partial charge in [0.15, 0.2) is 5.60 Å². The number of aryl methyl sites for hydroxylation is 1. The summed E-state index contributed by atoms with van der Waals surface area (Å²) in [7, 11) is 1.02. The lowest BCUT2D eigenvalue weighted by Gasteiger charge is -2.37. The van der Waals surface area contributed by atoms with Crippen LogP contribution in [0.2, 0.25) is 18.6 Å². The van der Waals surface area contributed by atoms with Crippen LogP contribution < -0.4 is 19.6 Å². The summed E-state index contributed by atoms with van der Waals surface area (Å²) in [5, 5.41) is 20.4. The highest BCUT2D eigenvalue weighted by molar-refractivity contribution is 6.91. The molecule has 2 aliphatic rings. The van der Waals surface area contributed by atoms with Gasteiger partial charge in [-0.3, -0.25) is 9.48 Å². The molecular formula is C37H44N4O5Si. The molecule has 1 fully saturated rings. The number of ether oxygens (including phenoxy) is 3. The lowest BCUT2D eigenvalue weighted by Crippen LogP contribution is -2.51. The molecule has 6 rings (SSSR count). The number of carbonyl (C=O) groups excluding carboxylic acids is 1. The number of fused-ring (bicyclic) bond motifs is 2. The Bertz CT molecular complexity index is 1730. The fourth-order valence-corrected chi connectivity index (χ4v) is 12.0. The molecule has 0 aliphatic carbocycles. The molecule has 4 aromatic rings. The first-order valence-electron chi connectivity index (χ1n) is 16.2. The van der Waals surface area contributed by atoms with E-state index in [1.807, 2.05) is 71.5 Å². The van der Waals surface area contributed by atoms with Crippen molar-refractivity contribution in [3.63, 3.8) is 0 Å². The van der Waals surface area contributed by atoms with Crippen molar-refractivity contribution in [1.29, 1.82) is 0 Å². The number of aromatic nitrogens is 3. The molecule has 246 valence electrons. The van der Waals surface area contributed by atoms with Crippen molar-refractivity contribution in [1.82, 2.24) is 15.0 Å². The van der Waals surface area contributed by atoms with E-state index < -0.39 is 13.7 Å². The number of hydrogen-bond donors (Lipinski definition) is 1. The second kappa shape index (κ2) is 13.1. The molecule has 1 N–H and O–H groups in total. The molecule has 3 heterocycles. The van der Waals surface area contributed by atoms with Crippen LogP contribution in [0, 0.1) is 5.92 Å². The van der Waals surface area contributed by atoms with Gasteiger partial charge in [-0.15, -0.1) is 11.7 Å². The van der Waals surface area contributed by atoms with Gasteiger partial charge in [-0.2, -0.15) is 0 Å². The quantitative estimate of drug-likeness (QED) is 0.165. The number of amides is 1. The van der Waals surface area contributed by atoms with Gasteiger partial charge in [0.05, 0.1) is 52.3 Å². The Morgan fingerprint density at radius 1 is 1.06 bits per heavy atom. The van der Waals surface area contributed by atoms with Crippen molar-refractivity contribution in [3.8, 4) is 11.5 Å². The third kappa shape index (κ3) is 5.58. The Hall–Kier alpha value is -4.25. The average molecular weight is 653 g/mol. The molecule has 1 spiro atoms. The molecule has 2 aliphatic heterocycles. The van der Waals surface area contributed by atoms with Crippen LogP contribution >= 0.6 is 0 Å². The van der Waals surface area contributed by atoms with E-state index in [0.29, 0.717) is 31.0 Å². The van der Waals surface area contributed by atoms with Crippen LogP contribution in [-0.2, 0) is 21.7 Å². The van der Waals surface area contributed by atoms with E-state index >= 15 is 0 Å². The molecule has 3 aromatic carbocycles. The fraction of sp³-hybridized carbons (Fsp3) is 0.378. The number of aliphatic hydroxyl groups is 1. The van der Waals surface area contributed by atoms with Crippen LogP contribution in [0.5, 0.6) is 11.5 Å². The molecule has 0 radical (unpaired) electrons. The van der Waals surface area contributed by atoms with Crippen LogP contribution in [0.25, 0.3) is 0 Å². The summed E-state index contributed by atoms with van der Waals surface area (Å²) in [6.45, 7) is 11.7. The predicted octanol–water partition coefficient (Wildman–Crippen LogP) is 5.26. The van der Waals surface area contributed by atoms with E-state index in [1.165, 1.54) is 5.19 Å². The Balaban J connectivity index is 1.38. The summed E-state index contributed by atoms with van der Waals surface area (Å²) in [5.74, 6) is 1.05. The molecule has 0 saturated carbocycles. The van der Waals surface area contributed by atoms with E-state index in [4.69, 9.17) is 14.2 Å². The summed E-state index contributed by atoms with van der Waals surface area (Å²) in [6.07, 6.45) is 4.06. The zero-order chi connectivity index (χ0) is 33.3. The normalized spacial score (nSPS) is 22.8. The van der Waals surface area contributed by atoms with Gasteiger partial charge in [0.2, 0.25) is 0 Å². The maximum Gasteiger partial charge on any atom is 0.264 e. The first kappa shape index (κ1) is 32.7. The number of anilines is 1. The second-order valence-corrected chi connectivity index (χ2v) is 17.8. The van der Waals surface area contributed by atoms with Gasteiger partial charge in [0.25, 0.3) is 5.91 Å². The topological polar surface area (TPSA) is 98.9 Å². The highest BCUT2D eigenvalue weighted by atomic mass is 28.3. The van der Waals surface area contributed by atoms with Crippen molar-refractivity contribution < 1.29 is 24.1 Å². The third-order valence-corrected chi connectivity index (χ3v) is 14.7. The maximum absolute atomic E-state index is 14.6. The molecule has 10 heteroatoms.